The van der Waals surface area contributed by atoms with Crippen LogP contribution < -0.4 is 10.6 Å². The molecule has 2 atom stereocenters. The number of aliphatic hydroxyl groups is 1. The maximum Gasteiger partial charge on any atom is 0.0677 e. The molecule has 0 aliphatic carbocycles. The molecule has 9 heavy (non-hydrogen) atoms. The van der Waals surface area contributed by atoms with Gasteiger partial charge in [0, 0.05) is 25.7 Å². The van der Waals surface area contributed by atoms with Gasteiger partial charge in [-0.25, -0.2) is 0 Å². The van der Waals surface area contributed by atoms with Crippen LogP contribution in [0.3, 0.4) is 0 Å². The van der Waals surface area contributed by atoms with Crippen molar-refractivity contribution in [2.24, 2.45) is 0 Å². The molecule has 3 nitrogen and oxygen atoms in total. The third kappa shape index (κ3) is 1.93. The van der Waals surface area contributed by atoms with Crippen LogP contribution in [-0.2, 0) is 0 Å². The molecule has 1 fully saturated rings. The van der Waals surface area contributed by atoms with E-state index in [2.05, 4.69) is 10.6 Å². The van der Waals surface area contributed by atoms with Crippen LogP contribution in [0.1, 0.15) is 6.92 Å². The molecular weight excluding hydrogens is 116 g/mol. The highest BCUT2D eigenvalue weighted by Gasteiger charge is 2.15. The fourth-order valence-corrected chi connectivity index (χ4v) is 1.02. The lowest BCUT2D eigenvalue weighted by Gasteiger charge is -2.26. The molecule has 1 aliphatic heterocycles. The monoisotopic (exact) mass is 130 g/mol. The van der Waals surface area contributed by atoms with E-state index in [0.717, 1.165) is 19.6 Å². The predicted molar refractivity (Wildman–Crippen MR) is 36.3 cm³/mol. The van der Waals surface area contributed by atoms with Crippen LogP contribution in [-0.4, -0.2) is 36.9 Å². The largest absolute Gasteiger partial charge is 0.392 e. The van der Waals surface area contributed by atoms with Gasteiger partial charge in [0.15, 0.2) is 0 Å². The van der Waals surface area contributed by atoms with E-state index in [1.165, 1.54) is 0 Å². The molecule has 0 amide bonds. The van der Waals surface area contributed by atoms with Crippen LogP contribution in [0.15, 0.2) is 0 Å². The van der Waals surface area contributed by atoms with Crippen molar-refractivity contribution in [1.29, 1.82) is 0 Å². The van der Waals surface area contributed by atoms with E-state index in [1.807, 2.05) is 6.92 Å². The van der Waals surface area contributed by atoms with Gasteiger partial charge in [-0.15, -0.1) is 0 Å². The van der Waals surface area contributed by atoms with Gasteiger partial charge in [-0.1, -0.05) is 0 Å². The van der Waals surface area contributed by atoms with E-state index in [9.17, 15) is 0 Å². The van der Waals surface area contributed by atoms with Gasteiger partial charge in [0.25, 0.3) is 0 Å². The summed E-state index contributed by atoms with van der Waals surface area (Å²) in [5.74, 6) is 0. The summed E-state index contributed by atoms with van der Waals surface area (Å²) in [5.41, 5.74) is 0. The van der Waals surface area contributed by atoms with Gasteiger partial charge in [0.1, 0.15) is 0 Å². The molecule has 0 aromatic heterocycles. The summed E-state index contributed by atoms with van der Waals surface area (Å²) in [4.78, 5) is 0. The Morgan fingerprint density at radius 2 is 2.33 bits per heavy atom. The lowest BCUT2D eigenvalue weighted by Crippen LogP contribution is -2.53. The number of hydrogen-bond acceptors (Lipinski definition) is 3. The standard InChI is InChI=1S/C6H14N2O/c1-5(9)6-4-7-2-3-8-6/h5-9H,2-4H2,1H3/t5-,6?/m0/s1. The molecule has 0 aromatic rings. The van der Waals surface area contributed by atoms with Gasteiger partial charge in [0.05, 0.1) is 6.10 Å². The van der Waals surface area contributed by atoms with Crippen molar-refractivity contribution in [2.45, 2.75) is 19.1 Å². The molecule has 1 heterocycles. The highest BCUT2D eigenvalue weighted by atomic mass is 16.3. The van der Waals surface area contributed by atoms with Gasteiger partial charge in [-0.3, -0.25) is 0 Å². The second-order valence-corrected chi connectivity index (χ2v) is 2.51. The topological polar surface area (TPSA) is 44.3 Å². The second kappa shape index (κ2) is 3.15. The van der Waals surface area contributed by atoms with Gasteiger partial charge in [-0.2, -0.15) is 0 Å². The summed E-state index contributed by atoms with van der Waals surface area (Å²) in [7, 11) is 0. The minimum Gasteiger partial charge on any atom is -0.392 e. The van der Waals surface area contributed by atoms with Crippen molar-refractivity contribution in [3.63, 3.8) is 0 Å². The van der Waals surface area contributed by atoms with Crippen molar-refractivity contribution in [3.8, 4) is 0 Å². The minimum absolute atomic E-state index is 0.238. The molecule has 0 bridgehead atoms. The van der Waals surface area contributed by atoms with Crippen molar-refractivity contribution in [3.05, 3.63) is 0 Å². The van der Waals surface area contributed by atoms with E-state index in [1.54, 1.807) is 0 Å². The minimum atomic E-state index is -0.238. The Morgan fingerprint density at radius 1 is 1.56 bits per heavy atom. The van der Waals surface area contributed by atoms with Crippen molar-refractivity contribution >= 4 is 0 Å². The highest BCUT2D eigenvalue weighted by molar-refractivity contribution is 4.78. The zero-order valence-electron chi connectivity index (χ0n) is 5.72. The highest BCUT2D eigenvalue weighted by Crippen LogP contribution is 1.92. The maximum absolute atomic E-state index is 9.07. The number of piperazine rings is 1. The first-order chi connectivity index (χ1) is 4.30. The first kappa shape index (κ1) is 6.99. The van der Waals surface area contributed by atoms with Crippen molar-refractivity contribution in [1.82, 2.24) is 10.6 Å². The molecule has 3 heteroatoms. The normalized spacial score (nSPS) is 32.0. The molecular formula is C6H14N2O. The van der Waals surface area contributed by atoms with Crippen molar-refractivity contribution in [2.75, 3.05) is 19.6 Å². The quantitative estimate of drug-likeness (QED) is 0.423. The second-order valence-electron chi connectivity index (χ2n) is 2.51. The summed E-state index contributed by atoms with van der Waals surface area (Å²) >= 11 is 0. The average molecular weight is 130 g/mol. The zero-order valence-corrected chi connectivity index (χ0v) is 5.72. The first-order valence-electron chi connectivity index (χ1n) is 3.43. The van der Waals surface area contributed by atoms with Crippen LogP contribution in [0.5, 0.6) is 0 Å². The number of aliphatic hydroxyl groups excluding tert-OH is 1. The van der Waals surface area contributed by atoms with Gasteiger partial charge < -0.3 is 15.7 Å². The molecule has 1 rings (SSSR count). The lowest BCUT2D eigenvalue weighted by molar-refractivity contribution is 0.136. The lowest BCUT2D eigenvalue weighted by atomic mass is 10.1. The number of rotatable bonds is 1. The molecule has 0 saturated carbocycles. The molecule has 54 valence electrons. The number of nitrogens with one attached hydrogen (secondary N) is 2. The fourth-order valence-electron chi connectivity index (χ4n) is 1.02. The molecule has 1 saturated heterocycles. The van der Waals surface area contributed by atoms with Crippen LogP contribution in [0.4, 0.5) is 0 Å². The van der Waals surface area contributed by atoms with Gasteiger partial charge >= 0.3 is 0 Å². The molecule has 3 N–H and O–H groups in total. The molecule has 1 unspecified atom stereocenters. The van der Waals surface area contributed by atoms with Crippen LogP contribution in [0, 0.1) is 0 Å². The Labute approximate surface area is 55.5 Å². The third-order valence-corrected chi connectivity index (χ3v) is 1.65. The maximum atomic E-state index is 9.07. The summed E-state index contributed by atoms with van der Waals surface area (Å²) in [6, 6.07) is 0.249. The summed E-state index contributed by atoms with van der Waals surface area (Å²) in [5, 5.41) is 15.5. The van der Waals surface area contributed by atoms with E-state index in [-0.39, 0.29) is 12.1 Å². The Bertz CT molecular complexity index is 79.1. The van der Waals surface area contributed by atoms with Crippen molar-refractivity contribution < 1.29 is 5.11 Å². The first-order valence-corrected chi connectivity index (χ1v) is 3.43. The van der Waals surface area contributed by atoms with Gasteiger partial charge in [-0.05, 0) is 6.92 Å². The Morgan fingerprint density at radius 3 is 2.67 bits per heavy atom. The Balaban J connectivity index is 2.23. The number of hydrogen-bond donors (Lipinski definition) is 3. The van der Waals surface area contributed by atoms with E-state index < -0.39 is 0 Å². The van der Waals surface area contributed by atoms with Crippen LogP contribution >= 0.6 is 0 Å². The van der Waals surface area contributed by atoms with Crippen LogP contribution in [0.2, 0.25) is 0 Å². The summed E-state index contributed by atoms with van der Waals surface area (Å²) < 4.78 is 0. The van der Waals surface area contributed by atoms with E-state index >= 15 is 0 Å². The summed E-state index contributed by atoms with van der Waals surface area (Å²) in [6.07, 6.45) is -0.238. The molecule has 0 spiro atoms. The third-order valence-electron chi connectivity index (χ3n) is 1.65. The van der Waals surface area contributed by atoms with E-state index in [0.29, 0.717) is 0 Å². The summed E-state index contributed by atoms with van der Waals surface area (Å²) in [6.45, 7) is 4.68. The smallest absolute Gasteiger partial charge is 0.0677 e. The average Bonchev–Trinajstić information content (AvgIpc) is 1.90. The SMILES string of the molecule is C[C@H](O)C1CNCCN1. The molecule has 0 aromatic carbocycles. The van der Waals surface area contributed by atoms with Crippen LogP contribution in [0.25, 0.3) is 0 Å². The van der Waals surface area contributed by atoms with E-state index in [4.69, 9.17) is 5.11 Å². The predicted octanol–water partition coefficient (Wildman–Crippen LogP) is -1.07. The molecule has 1 aliphatic rings. The van der Waals surface area contributed by atoms with Gasteiger partial charge in [0.2, 0.25) is 0 Å². The Kier molecular flexibility index (Phi) is 2.45. The Hall–Kier alpha value is -0.120. The fraction of sp³-hybridized carbons (Fsp3) is 1.00. The zero-order chi connectivity index (χ0) is 6.69. The molecule has 0 radical (unpaired) electrons.